The van der Waals surface area contributed by atoms with Gasteiger partial charge in [0.25, 0.3) is 0 Å². The Labute approximate surface area is 114 Å². The minimum atomic E-state index is -3.27. The first-order valence-corrected chi connectivity index (χ1v) is 7.90. The third kappa shape index (κ3) is 5.58. The second-order valence-corrected chi connectivity index (χ2v) is 6.85. The highest BCUT2D eigenvalue weighted by Crippen LogP contribution is 2.13. The molecule has 0 atom stereocenters. The predicted molar refractivity (Wildman–Crippen MR) is 74.0 cm³/mol. The Balaban J connectivity index is 2.86. The van der Waals surface area contributed by atoms with E-state index in [1.54, 1.807) is 20.0 Å². The zero-order chi connectivity index (χ0) is 14.7. The molecule has 0 aliphatic heterocycles. The molecule has 1 heterocycles. The van der Waals surface area contributed by atoms with Gasteiger partial charge in [-0.05, 0) is 20.8 Å². The molecule has 110 valence electrons. The van der Waals surface area contributed by atoms with Crippen LogP contribution >= 0.6 is 0 Å². The van der Waals surface area contributed by atoms with E-state index in [1.165, 1.54) is 0 Å². The number of ether oxygens (including phenoxy) is 1. The zero-order valence-electron chi connectivity index (χ0n) is 11.8. The molecule has 0 saturated heterocycles. The largest absolute Gasteiger partial charge is 0.382 e. The van der Waals surface area contributed by atoms with E-state index in [0.29, 0.717) is 31.4 Å². The monoisotopic (exact) mass is 290 g/mol. The molecule has 0 aliphatic rings. The summed E-state index contributed by atoms with van der Waals surface area (Å²) in [6, 6.07) is 0. The Morgan fingerprint density at radius 1 is 1.53 bits per heavy atom. The van der Waals surface area contributed by atoms with Gasteiger partial charge >= 0.3 is 0 Å². The molecule has 8 heteroatoms. The molecule has 7 nitrogen and oxygen atoms in total. The molecule has 3 N–H and O–H groups in total. The number of hydrogen-bond donors (Lipinski definition) is 2. The van der Waals surface area contributed by atoms with Gasteiger partial charge < -0.3 is 15.0 Å². The number of nitrogen functional groups attached to an aromatic ring is 1. The number of rotatable bonds is 7. The third-order valence-corrected chi connectivity index (χ3v) is 3.26. The Kier molecular flexibility index (Phi) is 4.94. The number of anilines is 1. The van der Waals surface area contributed by atoms with Gasteiger partial charge in [-0.2, -0.15) is 0 Å². The lowest BCUT2D eigenvalue weighted by Gasteiger charge is -2.26. The maximum atomic E-state index is 11.3. The van der Waals surface area contributed by atoms with Crippen molar-refractivity contribution >= 4 is 15.8 Å². The molecule has 1 aromatic heterocycles. The summed E-state index contributed by atoms with van der Waals surface area (Å²) in [7, 11) is -3.27. The minimum Gasteiger partial charge on any atom is -0.382 e. The Morgan fingerprint density at radius 3 is 2.68 bits per heavy atom. The van der Waals surface area contributed by atoms with E-state index >= 15 is 0 Å². The van der Waals surface area contributed by atoms with Crippen molar-refractivity contribution < 1.29 is 13.2 Å². The fourth-order valence-electron chi connectivity index (χ4n) is 1.88. The molecule has 1 rings (SSSR count). The molecule has 0 spiro atoms. The lowest BCUT2D eigenvalue weighted by atomic mass is 10.1. The van der Waals surface area contributed by atoms with Crippen LogP contribution in [0.25, 0.3) is 0 Å². The molecule has 0 aliphatic carbocycles. The topological polar surface area (TPSA) is 99.2 Å². The Bertz CT molecular complexity index is 522. The first-order valence-electron chi connectivity index (χ1n) is 6.01. The lowest BCUT2D eigenvalue weighted by molar-refractivity contribution is 0.124. The standard InChI is InChI=1S/C11H22N4O3S/c1-5-18-7-10-13-9(12)6-15(10)8-11(2,3)14-19(4,16)17/h6,14H,5,7-8,12H2,1-4H3. The first kappa shape index (κ1) is 15.9. The third-order valence-electron chi connectivity index (χ3n) is 2.34. The van der Waals surface area contributed by atoms with Gasteiger partial charge in [-0.3, -0.25) is 0 Å². The molecular weight excluding hydrogens is 268 g/mol. The van der Waals surface area contributed by atoms with Crippen LogP contribution in [0.2, 0.25) is 0 Å². The smallest absolute Gasteiger partial charge is 0.209 e. The van der Waals surface area contributed by atoms with Crippen LogP contribution in [-0.4, -0.2) is 36.4 Å². The average molecular weight is 290 g/mol. The number of hydrogen-bond acceptors (Lipinski definition) is 5. The van der Waals surface area contributed by atoms with Crippen molar-refractivity contribution in [3.05, 3.63) is 12.0 Å². The van der Waals surface area contributed by atoms with Crippen LogP contribution in [-0.2, 0) is 27.9 Å². The van der Waals surface area contributed by atoms with Crippen molar-refractivity contribution in [1.29, 1.82) is 0 Å². The molecule has 1 aromatic rings. The van der Waals surface area contributed by atoms with Crippen molar-refractivity contribution in [2.24, 2.45) is 0 Å². The van der Waals surface area contributed by atoms with Crippen LogP contribution in [0.3, 0.4) is 0 Å². The molecule has 0 fully saturated rings. The second-order valence-electron chi connectivity index (χ2n) is 5.11. The summed E-state index contributed by atoms with van der Waals surface area (Å²) >= 11 is 0. The molecular formula is C11H22N4O3S. The van der Waals surface area contributed by atoms with Crippen LogP contribution in [0.5, 0.6) is 0 Å². The highest BCUT2D eigenvalue weighted by atomic mass is 32.2. The number of sulfonamides is 1. The first-order chi connectivity index (χ1) is 8.63. The number of imidazole rings is 1. The summed E-state index contributed by atoms with van der Waals surface area (Å²) in [5.74, 6) is 1.08. The SMILES string of the molecule is CCOCc1nc(N)cn1CC(C)(C)NS(C)(=O)=O. The van der Waals surface area contributed by atoms with Gasteiger partial charge in [0.15, 0.2) is 0 Å². The molecule has 0 unspecified atom stereocenters. The normalized spacial score (nSPS) is 12.8. The van der Waals surface area contributed by atoms with Crippen LogP contribution in [0.15, 0.2) is 6.20 Å². The van der Waals surface area contributed by atoms with E-state index in [-0.39, 0.29) is 0 Å². The quantitative estimate of drug-likeness (QED) is 0.754. The van der Waals surface area contributed by atoms with Crippen molar-refractivity contribution in [2.75, 3.05) is 18.6 Å². The van der Waals surface area contributed by atoms with Gasteiger partial charge in [0.05, 0.1) is 6.26 Å². The summed E-state index contributed by atoms with van der Waals surface area (Å²) in [6.07, 6.45) is 2.82. The highest BCUT2D eigenvalue weighted by molar-refractivity contribution is 7.88. The van der Waals surface area contributed by atoms with Gasteiger partial charge in [0.1, 0.15) is 18.2 Å². The van der Waals surface area contributed by atoms with Gasteiger partial charge in [-0.25, -0.2) is 18.1 Å². The summed E-state index contributed by atoms with van der Waals surface area (Å²) < 4.78 is 32.3. The van der Waals surface area contributed by atoms with Gasteiger partial charge in [-0.15, -0.1) is 0 Å². The summed E-state index contributed by atoms with van der Waals surface area (Å²) in [4.78, 5) is 4.17. The predicted octanol–water partition coefficient (Wildman–Crippen LogP) is 0.330. The zero-order valence-corrected chi connectivity index (χ0v) is 12.6. The Morgan fingerprint density at radius 2 is 2.16 bits per heavy atom. The van der Waals surface area contributed by atoms with E-state index in [2.05, 4.69) is 9.71 Å². The maximum Gasteiger partial charge on any atom is 0.209 e. The summed E-state index contributed by atoms with van der Waals surface area (Å²) in [5.41, 5.74) is 5.03. The molecule has 0 aromatic carbocycles. The van der Waals surface area contributed by atoms with Crippen molar-refractivity contribution in [3.8, 4) is 0 Å². The molecule has 0 amide bonds. The average Bonchev–Trinajstić information content (AvgIpc) is 2.50. The highest BCUT2D eigenvalue weighted by Gasteiger charge is 2.24. The van der Waals surface area contributed by atoms with E-state index in [0.717, 1.165) is 6.26 Å². The van der Waals surface area contributed by atoms with Crippen LogP contribution in [0, 0.1) is 0 Å². The van der Waals surface area contributed by atoms with E-state index in [4.69, 9.17) is 10.5 Å². The van der Waals surface area contributed by atoms with Gasteiger partial charge in [0.2, 0.25) is 10.0 Å². The number of aromatic nitrogens is 2. The summed E-state index contributed by atoms with van der Waals surface area (Å²) in [5, 5.41) is 0. The Hall–Kier alpha value is -1.12. The number of nitrogens with zero attached hydrogens (tertiary/aromatic N) is 2. The van der Waals surface area contributed by atoms with Crippen LogP contribution in [0.4, 0.5) is 5.82 Å². The fourth-order valence-corrected chi connectivity index (χ4v) is 2.95. The number of nitrogens with one attached hydrogen (secondary N) is 1. The van der Waals surface area contributed by atoms with Crippen molar-refractivity contribution in [3.63, 3.8) is 0 Å². The molecule has 0 radical (unpaired) electrons. The van der Waals surface area contributed by atoms with Gasteiger partial charge in [-0.1, -0.05) is 0 Å². The van der Waals surface area contributed by atoms with E-state index < -0.39 is 15.6 Å². The van der Waals surface area contributed by atoms with Crippen molar-refractivity contribution in [1.82, 2.24) is 14.3 Å². The van der Waals surface area contributed by atoms with Crippen LogP contribution in [0.1, 0.15) is 26.6 Å². The number of nitrogens with two attached hydrogens (primary N) is 1. The maximum absolute atomic E-state index is 11.3. The molecule has 19 heavy (non-hydrogen) atoms. The molecule has 0 saturated carbocycles. The minimum absolute atomic E-state index is 0.350. The fraction of sp³-hybridized carbons (Fsp3) is 0.727. The van der Waals surface area contributed by atoms with Crippen molar-refractivity contribution in [2.45, 2.75) is 39.5 Å². The lowest BCUT2D eigenvalue weighted by Crippen LogP contribution is -2.46. The van der Waals surface area contributed by atoms with Crippen LogP contribution < -0.4 is 10.5 Å². The van der Waals surface area contributed by atoms with Gasteiger partial charge in [0, 0.05) is 24.9 Å². The second kappa shape index (κ2) is 5.89. The van der Waals surface area contributed by atoms with E-state index in [9.17, 15) is 8.42 Å². The summed E-state index contributed by atoms with van der Waals surface area (Å²) in [6.45, 7) is 6.85. The van der Waals surface area contributed by atoms with E-state index in [1.807, 2.05) is 11.5 Å². The molecule has 0 bridgehead atoms.